The molecule has 18 heavy (non-hydrogen) atoms. The van der Waals surface area contributed by atoms with Gasteiger partial charge in [0, 0.05) is 17.3 Å². The molecule has 0 spiro atoms. The summed E-state index contributed by atoms with van der Waals surface area (Å²) < 4.78 is 2.51. The molecule has 3 rings (SSSR count). The average molecular weight is 324 g/mol. The number of hydrogen-bond acceptors (Lipinski definition) is 3. The molecule has 1 aromatic carbocycles. The van der Waals surface area contributed by atoms with Gasteiger partial charge in [0.25, 0.3) is 0 Å². The Morgan fingerprint density at radius 2 is 2.06 bits per heavy atom. The number of halogens is 2. The topological polar surface area (TPSA) is 56.7 Å². The zero-order valence-corrected chi connectivity index (χ0v) is 11.5. The number of fused-ring (bicyclic) bond motifs is 1. The largest absolute Gasteiger partial charge is 0.399 e. The number of nitrogens with zero attached hydrogens (tertiary/aromatic N) is 3. The van der Waals surface area contributed by atoms with Crippen molar-refractivity contribution in [3.63, 3.8) is 0 Å². The van der Waals surface area contributed by atoms with E-state index in [4.69, 9.17) is 17.3 Å². The maximum Gasteiger partial charge on any atom is 0.168 e. The lowest BCUT2D eigenvalue weighted by molar-refractivity contribution is 0.869. The lowest BCUT2D eigenvalue weighted by Crippen LogP contribution is -2.00. The highest BCUT2D eigenvalue weighted by Gasteiger charge is 2.10. The van der Waals surface area contributed by atoms with E-state index in [2.05, 4.69) is 26.0 Å². The standard InChI is InChI=1S/C12H8BrClN4/c13-10-3-8(14)6-16-12(10)18-11-4-9(15)2-1-7(11)5-17-18/h1-6H,15H2. The Bertz CT molecular complexity index is 738. The molecule has 0 radical (unpaired) electrons. The van der Waals surface area contributed by atoms with Crippen LogP contribution in [0.25, 0.3) is 16.7 Å². The third-order valence-corrected chi connectivity index (χ3v) is 3.37. The van der Waals surface area contributed by atoms with Gasteiger partial charge in [-0.25, -0.2) is 9.67 Å². The maximum absolute atomic E-state index is 5.88. The number of rotatable bonds is 1. The van der Waals surface area contributed by atoms with Gasteiger partial charge in [0.05, 0.1) is 21.2 Å². The van der Waals surface area contributed by atoms with Crippen LogP contribution >= 0.6 is 27.5 Å². The molecule has 0 saturated carbocycles. The van der Waals surface area contributed by atoms with Crippen molar-refractivity contribution < 1.29 is 0 Å². The molecule has 0 aliphatic rings. The first kappa shape index (κ1) is 11.5. The van der Waals surface area contributed by atoms with Gasteiger partial charge in [-0.15, -0.1) is 0 Å². The first-order chi connectivity index (χ1) is 8.65. The highest BCUT2D eigenvalue weighted by atomic mass is 79.9. The Morgan fingerprint density at radius 1 is 1.22 bits per heavy atom. The van der Waals surface area contributed by atoms with Crippen molar-refractivity contribution in [1.82, 2.24) is 14.8 Å². The summed E-state index contributed by atoms with van der Waals surface area (Å²) >= 11 is 9.31. The molecule has 0 amide bonds. The molecule has 2 N–H and O–H groups in total. The van der Waals surface area contributed by atoms with Crippen LogP contribution in [0.4, 0.5) is 5.69 Å². The predicted octanol–water partition coefficient (Wildman–Crippen LogP) is 3.42. The van der Waals surface area contributed by atoms with Gasteiger partial charge in [-0.1, -0.05) is 11.6 Å². The molecule has 90 valence electrons. The van der Waals surface area contributed by atoms with Crippen LogP contribution in [0.1, 0.15) is 0 Å². The van der Waals surface area contributed by atoms with E-state index in [0.717, 1.165) is 15.4 Å². The lowest BCUT2D eigenvalue weighted by Gasteiger charge is -2.05. The summed E-state index contributed by atoms with van der Waals surface area (Å²) in [5.41, 5.74) is 7.39. The molecule has 6 heteroatoms. The number of pyridine rings is 1. The molecule has 2 aromatic heterocycles. The fourth-order valence-electron chi connectivity index (χ4n) is 1.77. The van der Waals surface area contributed by atoms with Crippen molar-refractivity contribution in [2.45, 2.75) is 0 Å². The number of benzene rings is 1. The number of nitrogen functional groups attached to an aromatic ring is 1. The molecule has 0 saturated heterocycles. The summed E-state index contributed by atoms with van der Waals surface area (Å²) in [5.74, 6) is 0.681. The maximum atomic E-state index is 5.88. The smallest absolute Gasteiger partial charge is 0.168 e. The summed E-state index contributed by atoms with van der Waals surface area (Å²) in [4.78, 5) is 4.28. The minimum absolute atomic E-state index is 0.571. The van der Waals surface area contributed by atoms with Crippen molar-refractivity contribution >= 4 is 44.1 Å². The highest BCUT2D eigenvalue weighted by Crippen LogP contribution is 2.26. The van der Waals surface area contributed by atoms with E-state index in [0.29, 0.717) is 16.5 Å². The van der Waals surface area contributed by atoms with E-state index in [1.165, 1.54) is 0 Å². The van der Waals surface area contributed by atoms with Crippen LogP contribution in [0, 0.1) is 0 Å². The van der Waals surface area contributed by atoms with Crippen LogP contribution in [0.3, 0.4) is 0 Å². The quantitative estimate of drug-likeness (QED) is 0.698. The Balaban J connectivity index is 2.28. The Morgan fingerprint density at radius 3 is 2.83 bits per heavy atom. The van der Waals surface area contributed by atoms with Crippen molar-refractivity contribution in [3.8, 4) is 5.82 Å². The van der Waals surface area contributed by atoms with Crippen molar-refractivity contribution in [1.29, 1.82) is 0 Å². The average Bonchev–Trinajstić information content (AvgIpc) is 2.72. The molecule has 3 aromatic rings. The number of anilines is 1. The molecular formula is C12H8BrClN4. The van der Waals surface area contributed by atoms with Crippen LogP contribution in [0.2, 0.25) is 5.02 Å². The second-order valence-electron chi connectivity index (χ2n) is 3.83. The Kier molecular flexibility index (Phi) is 2.72. The summed E-state index contributed by atoms with van der Waals surface area (Å²) in [6.45, 7) is 0. The first-order valence-corrected chi connectivity index (χ1v) is 6.37. The molecule has 2 heterocycles. The SMILES string of the molecule is Nc1ccc2cnn(-c3ncc(Cl)cc3Br)c2c1. The van der Waals surface area contributed by atoms with Crippen LogP contribution in [0.15, 0.2) is 41.1 Å². The van der Waals surface area contributed by atoms with Crippen LogP contribution < -0.4 is 5.73 Å². The van der Waals surface area contributed by atoms with Gasteiger partial charge in [-0.05, 0) is 40.2 Å². The fourth-order valence-corrected chi connectivity index (χ4v) is 2.57. The molecular weight excluding hydrogens is 316 g/mol. The molecule has 0 atom stereocenters. The van der Waals surface area contributed by atoms with Crippen molar-refractivity contribution in [3.05, 3.63) is 46.2 Å². The zero-order valence-electron chi connectivity index (χ0n) is 9.14. The van der Waals surface area contributed by atoms with Crippen LogP contribution in [-0.2, 0) is 0 Å². The lowest BCUT2D eigenvalue weighted by atomic mass is 10.2. The summed E-state index contributed by atoms with van der Waals surface area (Å²) in [5, 5.41) is 5.90. The third-order valence-electron chi connectivity index (χ3n) is 2.58. The van der Waals surface area contributed by atoms with Gasteiger partial charge in [-0.3, -0.25) is 0 Å². The second-order valence-corrected chi connectivity index (χ2v) is 5.12. The van der Waals surface area contributed by atoms with E-state index >= 15 is 0 Å². The second kappa shape index (κ2) is 4.26. The number of nitrogens with two attached hydrogens (primary N) is 1. The normalized spacial score (nSPS) is 11.0. The monoisotopic (exact) mass is 322 g/mol. The fraction of sp³-hybridized carbons (Fsp3) is 0. The van der Waals surface area contributed by atoms with Crippen LogP contribution in [0.5, 0.6) is 0 Å². The summed E-state index contributed by atoms with van der Waals surface area (Å²) in [6, 6.07) is 7.42. The van der Waals surface area contributed by atoms with E-state index in [9.17, 15) is 0 Å². The zero-order chi connectivity index (χ0) is 12.7. The van der Waals surface area contributed by atoms with Gasteiger partial charge >= 0.3 is 0 Å². The first-order valence-electron chi connectivity index (χ1n) is 5.20. The van der Waals surface area contributed by atoms with E-state index in [1.807, 2.05) is 18.2 Å². The number of hydrogen-bond donors (Lipinski definition) is 1. The molecule has 0 unspecified atom stereocenters. The Hall–Kier alpha value is -1.59. The van der Waals surface area contributed by atoms with Crippen molar-refractivity contribution in [2.24, 2.45) is 0 Å². The van der Waals surface area contributed by atoms with Crippen LogP contribution in [-0.4, -0.2) is 14.8 Å². The third kappa shape index (κ3) is 1.85. The molecule has 0 fully saturated rings. The minimum Gasteiger partial charge on any atom is -0.399 e. The van der Waals surface area contributed by atoms with Gasteiger partial charge < -0.3 is 5.73 Å². The van der Waals surface area contributed by atoms with Crippen molar-refractivity contribution in [2.75, 3.05) is 5.73 Å². The summed E-state index contributed by atoms with van der Waals surface area (Å²) in [6.07, 6.45) is 3.36. The van der Waals surface area contributed by atoms with Gasteiger partial charge in [-0.2, -0.15) is 5.10 Å². The number of aromatic nitrogens is 3. The van der Waals surface area contributed by atoms with E-state index in [1.54, 1.807) is 23.1 Å². The predicted molar refractivity (Wildman–Crippen MR) is 76.0 cm³/mol. The Labute approximate surface area is 117 Å². The molecule has 0 aliphatic carbocycles. The van der Waals surface area contributed by atoms with Gasteiger partial charge in [0.1, 0.15) is 0 Å². The summed E-state index contributed by atoms with van der Waals surface area (Å²) in [7, 11) is 0. The van der Waals surface area contributed by atoms with Gasteiger partial charge in [0.15, 0.2) is 5.82 Å². The molecule has 0 bridgehead atoms. The minimum atomic E-state index is 0.571. The molecule has 0 aliphatic heterocycles. The van der Waals surface area contributed by atoms with E-state index in [-0.39, 0.29) is 0 Å². The van der Waals surface area contributed by atoms with Gasteiger partial charge in [0.2, 0.25) is 0 Å². The molecule has 4 nitrogen and oxygen atoms in total. The highest BCUT2D eigenvalue weighted by molar-refractivity contribution is 9.10. The van der Waals surface area contributed by atoms with E-state index < -0.39 is 0 Å².